The van der Waals surface area contributed by atoms with E-state index in [4.69, 9.17) is 0 Å². The van der Waals surface area contributed by atoms with E-state index in [1.807, 2.05) is 23.8 Å². The summed E-state index contributed by atoms with van der Waals surface area (Å²) in [5, 5.41) is 7.92. The standard InChI is InChI=1S/C15H23N5/c1-3-16-11-13-4-7-19(8-5-13)15-14-10-12(2)18-20(14)9-6-17-15/h6,9-10,13,16H,3-5,7-8,11H2,1-2H3. The third-order valence-corrected chi connectivity index (χ3v) is 4.09. The van der Waals surface area contributed by atoms with Crippen LogP contribution in [0.1, 0.15) is 25.5 Å². The molecule has 0 spiro atoms. The summed E-state index contributed by atoms with van der Waals surface area (Å²) in [4.78, 5) is 6.98. The summed E-state index contributed by atoms with van der Waals surface area (Å²) in [5.74, 6) is 1.88. The van der Waals surface area contributed by atoms with Crippen molar-refractivity contribution >= 4 is 11.3 Å². The van der Waals surface area contributed by atoms with E-state index in [1.54, 1.807) is 0 Å². The van der Waals surface area contributed by atoms with Gasteiger partial charge in [0, 0.05) is 25.5 Å². The predicted molar refractivity (Wildman–Crippen MR) is 81.2 cm³/mol. The van der Waals surface area contributed by atoms with Crippen molar-refractivity contribution in [3.8, 4) is 0 Å². The first-order chi connectivity index (χ1) is 9.78. The molecule has 0 atom stereocenters. The van der Waals surface area contributed by atoms with Gasteiger partial charge in [0.15, 0.2) is 5.82 Å². The lowest BCUT2D eigenvalue weighted by Crippen LogP contribution is -2.37. The Hall–Kier alpha value is -1.62. The van der Waals surface area contributed by atoms with Gasteiger partial charge in [0.05, 0.1) is 5.69 Å². The van der Waals surface area contributed by atoms with Crippen LogP contribution in [0.3, 0.4) is 0 Å². The fourth-order valence-electron chi connectivity index (χ4n) is 2.97. The number of piperidine rings is 1. The molecule has 1 saturated heterocycles. The van der Waals surface area contributed by atoms with Crippen molar-refractivity contribution in [2.75, 3.05) is 31.1 Å². The highest BCUT2D eigenvalue weighted by Crippen LogP contribution is 2.25. The molecule has 20 heavy (non-hydrogen) atoms. The Balaban J connectivity index is 1.73. The van der Waals surface area contributed by atoms with Crippen molar-refractivity contribution in [2.45, 2.75) is 26.7 Å². The van der Waals surface area contributed by atoms with Gasteiger partial charge in [-0.3, -0.25) is 0 Å². The highest BCUT2D eigenvalue weighted by atomic mass is 15.3. The van der Waals surface area contributed by atoms with Gasteiger partial charge < -0.3 is 10.2 Å². The molecule has 0 bridgehead atoms. The first-order valence-corrected chi connectivity index (χ1v) is 7.54. The highest BCUT2D eigenvalue weighted by Gasteiger charge is 2.21. The first-order valence-electron chi connectivity index (χ1n) is 7.54. The van der Waals surface area contributed by atoms with E-state index in [9.17, 15) is 0 Å². The van der Waals surface area contributed by atoms with Crippen molar-refractivity contribution < 1.29 is 0 Å². The third kappa shape index (κ3) is 2.63. The van der Waals surface area contributed by atoms with Crippen LogP contribution in [0, 0.1) is 12.8 Å². The van der Waals surface area contributed by atoms with E-state index in [1.165, 1.54) is 12.8 Å². The molecule has 1 aliphatic rings. The predicted octanol–water partition coefficient (Wildman–Crippen LogP) is 1.86. The zero-order valence-electron chi connectivity index (χ0n) is 12.3. The summed E-state index contributed by atoms with van der Waals surface area (Å²) in [6, 6.07) is 2.12. The van der Waals surface area contributed by atoms with Crippen LogP contribution in [0.15, 0.2) is 18.5 Å². The van der Waals surface area contributed by atoms with E-state index in [0.717, 1.165) is 49.1 Å². The maximum atomic E-state index is 4.58. The maximum absolute atomic E-state index is 4.58. The molecule has 5 heteroatoms. The molecular weight excluding hydrogens is 250 g/mol. The monoisotopic (exact) mass is 273 g/mol. The first kappa shape index (κ1) is 13.4. The molecule has 0 aliphatic carbocycles. The average molecular weight is 273 g/mol. The topological polar surface area (TPSA) is 45.5 Å². The average Bonchev–Trinajstić information content (AvgIpc) is 2.85. The van der Waals surface area contributed by atoms with Crippen molar-refractivity contribution in [1.29, 1.82) is 0 Å². The fraction of sp³-hybridized carbons (Fsp3) is 0.600. The van der Waals surface area contributed by atoms with Crippen LogP contribution in [0.2, 0.25) is 0 Å². The van der Waals surface area contributed by atoms with Crippen LogP contribution in [0.25, 0.3) is 5.52 Å². The van der Waals surface area contributed by atoms with Gasteiger partial charge >= 0.3 is 0 Å². The van der Waals surface area contributed by atoms with Crippen molar-refractivity contribution in [2.24, 2.45) is 5.92 Å². The van der Waals surface area contributed by atoms with E-state index in [0.29, 0.717) is 0 Å². The van der Waals surface area contributed by atoms with E-state index < -0.39 is 0 Å². The van der Waals surface area contributed by atoms with Crippen LogP contribution < -0.4 is 10.2 Å². The maximum Gasteiger partial charge on any atom is 0.154 e. The number of nitrogens with one attached hydrogen (secondary N) is 1. The van der Waals surface area contributed by atoms with E-state index in [2.05, 4.69) is 33.3 Å². The minimum atomic E-state index is 0.803. The molecule has 2 aromatic heterocycles. The summed E-state index contributed by atoms with van der Waals surface area (Å²) in [5.41, 5.74) is 2.16. The van der Waals surface area contributed by atoms with Crippen molar-refractivity contribution in [3.05, 3.63) is 24.2 Å². The summed E-state index contributed by atoms with van der Waals surface area (Å²) in [7, 11) is 0. The second-order valence-electron chi connectivity index (χ2n) is 5.60. The quantitative estimate of drug-likeness (QED) is 0.923. The van der Waals surface area contributed by atoms with Crippen LogP contribution in [0.5, 0.6) is 0 Å². The number of hydrogen-bond donors (Lipinski definition) is 1. The molecule has 3 rings (SSSR count). The van der Waals surface area contributed by atoms with Gasteiger partial charge in [0.2, 0.25) is 0 Å². The molecular formula is C15H23N5. The van der Waals surface area contributed by atoms with Gasteiger partial charge in [-0.15, -0.1) is 0 Å². The van der Waals surface area contributed by atoms with E-state index in [-0.39, 0.29) is 0 Å². The zero-order valence-corrected chi connectivity index (χ0v) is 12.3. The molecule has 0 radical (unpaired) electrons. The molecule has 0 saturated carbocycles. The van der Waals surface area contributed by atoms with Crippen molar-refractivity contribution in [1.82, 2.24) is 19.9 Å². The van der Waals surface area contributed by atoms with Gasteiger partial charge in [0.25, 0.3) is 0 Å². The Bertz CT molecular complexity index is 569. The number of aromatic nitrogens is 3. The second-order valence-corrected chi connectivity index (χ2v) is 5.60. The molecule has 2 aromatic rings. The lowest BCUT2D eigenvalue weighted by molar-refractivity contribution is 0.385. The van der Waals surface area contributed by atoms with Crippen LogP contribution in [-0.4, -0.2) is 40.8 Å². The van der Waals surface area contributed by atoms with Crippen LogP contribution in [0.4, 0.5) is 5.82 Å². The molecule has 1 N–H and O–H groups in total. The Morgan fingerprint density at radius 3 is 2.90 bits per heavy atom. The minimum absolute atomic E-state index is 0.803. The van der Waals surface area contributed by atoms with Gasteiger partial charge in [-0.05, 0) is 44.8 Å². The number of fused-ring (bicyclic) bond motifs is 1. The minimum Gasteiger partial charge on any atom is -0.355 e. The molecule has 3 heterocycles. The Kier molecular flexibility index (Phi) is 3.87. The number of aryl methyl sites for hydroxylation is 1. The number of anilines is 1. The molecule has 0 aromatic carbocycles. The van der Waals surface area contributed by atoms with E-state index >= 15 is 0 Å². The number of nitrogens with zero attached hydrogens (tertiary/aromatic N) is 4. The molecule has 1 fully saturated rings. The van der Waals surface area contributed by atoms with Gasteiger partial charge in [-0.25, -0.2) is 9.50 Å². The van der Waals surface area contributed by atoms with Crippen LogP contribution >= 0.6 is 0 Å². The molecule has 5 nitrogen and oxygen atoms in total. The smallest absolute Gasteiger partial charge is 0.154 e. The largest absolute Gasteiger partial charge is 0.355 e. The Morgan fingerprint density at radius 2 is 2.15 bits per heavy atom. The molecule has 108 valence electrons. The summed E-state index contributed by atoms with van der Waals surface area (Å²) in [6.45, 7) is 8.59. The van der Waals surface area contributed by atoms with Crippen molar-refractivity contribution in [3.63, 3.8) is 0 Å². The normalized spacial score (nSPS) is 17.0. The van der Waals surface area contributed by atoms with Gasteiger partial charge in [-0.2, -0.15) is 5.10 Å². The summed E-state index contributed by atoms with van der Waals surface area (Å²) < 4.78 is 1.93. The SMILES string of the molecule is CCNCC1CCN(c2nccn3nc(C)cc23)CC1. The summed E-state index contributed by atoms with van der Waals surface area (Å²) in [6.07, 6.45) is 6.24. The molecule has 0 unspecified atom stereocenters. The highest BCUT2D eigenvalue weighted by molar-refractivity contribution is 5.69. The third-order valence-electron chi connectivity index (χ3n) is 4.09. The number of hydrogen-bond acceptors (Lipinski definition) is 4. The lowest BCUT2D eigenvalue weighted by Gasteiger charge is -2.33. The molecule has 1 aliphatic heterocycles. The molecule has 0 amide bonds. The Morgan fingerprint density at radius 1 is 1.35 bits per heavy atom. The number of rotatable bonds is 4. The van der Waals surface area contributed by atoms with Crippen LogP contribution in [-0.2, 0) is 0 Å². The lowest BCUT2D eigenvalue weighted by atomic mass is 9.97. The zero-order chi connectivity index (χ0) is 13.9. The Labute approximate surface area is 120 Å². The fourth-order valence-corrected chi connectivity index (χ4v) is 2.97. The summed E-state index contributed by atoms with van der Waals surface area (Å²) >= 11 is 0. The second kappa shape index (κ2) is 5.79. The van der Waals surface area contributed by atoms with Gasteiger partial charge in [-0.1, -0.05) is 6.92 Å². The van der Waals surface area contributed by atoms with Gasteiger partial charge in [0.1, 0.15) is 5.52 Å².